The molecule has 1 fully saturated rings. The SMILES string of the molecule is CCOc1ccccc1CNC(=O)c1ccc(C)nc1C1CCN(C(=O)CNC(=O)C=Cc2ccco2)CC1. The van der Waals surface area contributed by atoms with Crippen molar-refractivity contribution in [2.24, 2.45) is 0 Å². The van der Waals surface area contributed by atoms with Crippen molar-refractivity contribution in [1.29, 1.82) is 0 Å². The third kappa shape index (κ3) is 7.56. The Kier molecular flexibility index (Phi) is 9.50. The van der Waals surface area contributed by atoms with Crippen LogP contribution < -0.4 is 15.4 Å². The van der Waals surface area contributed by atoms with Crippen molar-refractivity contribution in [2.75, 3.05) is 26.2 Å². The molecule has 3 heterocycles. The molecule has 4 rings (SSSR count). The zero-order chi connectivity index (χ0) is 27.6. The van der Waals surface area contributed by atoms with Gasteiger partial charge in [-0.1, -0.05) is 18.2 Å². The maximum atomic E-state index is 13.2. The number of ether oxygens (including phenoxy) is 1. The van der Waals surface area contributed by atoms with Gasteiger partial charge in [-0.3, -0.25) is 19.4 Å². The molecule has 1 saturated heterocycles. The minimum absolute atomic E-state index is 0.0521. The fraction of sp³-hybridized carbons (Fsp3) is 0.333. The molecule has 0 saturated carbocycles. The van der Waals surface area contributed by atoms with Crippen LogP contribution in [0.25, 0.3) is 6.08 Å². The molecule has 2 N–H and O–H groups in total. The molecule has 3 aromatic rings. The summed E-state index contributed by atoms with van der Waals surface area (Å²) in [7, 11) is 0. The molecule has 0 radical (unpaired) electrons. The van der Waals surface area contributed by atoms with Crippen molar-refractivity contribution < 1.29 is 23.5 Å². The van der Waals surface area contributed by atoms with Gasteiger partial charge in [0.1, 0.15) is 11.5 Å². The van der Waals surface area contributed by atoms with E-state index in [0.29, 0.717) is 50.4 Å². The lowest BCUT2D eigenvalue weighted by Gasteiger charge is -2.32. The number of hydrogen-bond acceptors (Lipinski definition) is 6. The van der Waals surface area contributed by atoms with Crippen LogP contribution in [0.15, 0.2) is 65.3 Å². The summed E-state index contributed by atoms with van der Waals surface area (Å²) in [4.78, 5) is 44.4. The Morgan fingerprint density at radius 1 is 1.08 bits per heavy atom. The van der Waals surface area contributed by atoms with Crippen LogP contribution in [0.1, 0.15) is 58.8 Å². The number of para-hydroxylation sites is 1. The van der Waals surface area contributed by atoms with Crippen molar-refractivity contribution in [3.8, 4) is 5.75 Å². The van der Waals surface area contributed by atoms with Gasteiger partial charge in [-0.25, -0.2) is 0 Å². The lowest BCUT2D eigenvalue weighted by atomic mass is 9.89. The Balaban J connectivity index is 1.32. The highest BCUT2D eigenvalue weighted by Gasteiger charge is 2.28. The second kappa shape index (κ2) is 13.4. The Morgan fingerprint density at radius 3 is 2.62 bits per heavy atom. The molecule has 2 aromatic heterocycles. The second-order valence-electron chi connectivity index (χ2n) is 9.33. The number of carbonyl (C=O) groups excluding carboxylic acids is 3. The Hall–Kier alpha value is -4.40. The van der Waals surface area contributed by atoms with E-state index < -0.39 is 0 Å². The predicted molar refractivity (Wildman–Crippen MR) is 147 cm³/mol. The number of rotatable bonds is 10. The van der Waals surface area contributed by atoms with Gasteiger partial charge < -0.3 is 24.7 Å². The first-order valence-corrected chi connectivity index (χ1v) is 13.2. The third-order valence-electron chi connectivity index (χ3n) is 6.61. The average molecular weight is 531 g/mol. The minimum Gasteiger partial charge on any atom is -0.494 e. The van der Waals surface area contributed by atoms with Crippen LogP contribution >= 0.6 is 0 Å². The van der Waals surface area contributed by atoms with Crippen molar-refractivity contribution in [1.82, 2.24) is 20.5 Å². The molecule has 39 heavy (non-hydrogen) atoms. The van der Waals surface area contributed by atoms with Crippen LogP contribution in [0.4, 0.5) is 0 Å². The number of piperidine rings is 1. The Bertz CT molecular complexity index is 1310. The smallest absolute Gasteiger partial charge is 0.253 e. The molecule has 1 aliphatic rings. The van der Waals surface area contributed by atoms with Crippen molar-refractivity contribution >= 4 is 23.8 Å². The molecular weight excluding hydrogens is 496 g/mol. The van der Waals surface area contributed by atoms with Gasteiger partial charge in [-0.15, -0.1) is 0 Å². The average Bonchev–Trinajstić information content (AvgIpc) is 3.48. The fourth-order valence-corrected chi connectivity index (χ4v) is 4.58. The summed E-state index contributed by atoms with van der Waals surface area (Å²) >= 11 is 0. The standard InChI is InChI=1S/C30H34N4O5/c1-3-38-26-9-5-4-7-23(26)19-32-30(37)25-12-10-21(2)33-29(25)22-14-16-34(17-15-22)28(36)20-31-27(35)13-11-24-8-6-18-39-24/h4-13,18,22H,3,14-17,19-20H2,1-2H3,(H,31,35)(H,32,37). The Morgan fingerprint density at radius 2 is 1.87 bits per heavy atom. The number of likely N-dealkylation sites (tertiary alicyclic amines) is 1. The largest absolute Gasteiger partial charge is 0.494 e. The normalized spacial score (nSPS) is 13.8. The molecule has 9 nitrogen and oxygen atoms in total. The first-order chi connectivity index (χ1) is 18.9. The van der Waals surface area contributed by atoms with E-state index in [1.165, 1.54) is 12.3 Å². The number of benzene rings is 1. The molecule has 0 unspecified atom stereocenters. The molecule has 1 aromatic carbocycles. The summed E-state index contributed by atoms with van der Waals surface area (Å²) in [6.45, 7) is 5.71. The van der Waals surface area contributed by atoms with E-state index in [9.17, 15) is 14.4 Å². The number of hydrogen-bond donors (Lipinski definition) is 2. The maximum Gasteiger partial charge on any atom is 0.253 e. The highest BCUT2D eigenvalue weighted by molar-refractivity contribution is 5.95. The molecule has 0 bridgehead atoms. The number of nitrogens with zero attached hydrogens (tertiary/aromatic N) is 2. The van der Waals surface area contributed by atoms with Gasteiger partial charge >= 0.3 is 0 Å². The van der Waals surface area contributed by atoms with E-state index in [0.717, 1.165) is 22.7 Å². The quantitative estimate of drug-likeness (QED) is 0.385. The van der Waals surface area contributed by atoms with Crippen LogP contribution in [0, 0.1) is 6.92 Å². The molecule has 0 atom stereocenters. The maximum absolute atomic E-state index is 13.2. The summed E-state index contributed by atoms with van der Waals surface area (Å²) in [5.74, 6) is 0.675. The van der Waals surface area contributed by atoms with E-state index in [-0.39, 0.29) is 30.2 Å². The first-order valence-electron chi connectivity index (χ1n) is 13.2. The summed E-state index contributed by atoms with van der Waals surface area (Å²) in [5, 5.41) is 5.63. The lowest BCUT2D eigenvalue weighted by Crippen LogP contribution is -2.43. The van der Waals surface area contributed by atoms with E-state index in [1.807, 2.05) is 50.2 Å². The summed E-state index contributed by atoms with van der Waals surface area (Å²) < 4.78 is 10.8. The van der Waals surface area contributed by atoms with Crippen LogP contribution in [-0.2, 0) is 16.1 Å². The zero-order valence-electron chi connectivity index (χ0n) is 22.3. The first kappa shape index (κ1) is 27.6. The lowest BCUT2D eigenvalue weighted by molar-refractivity contribution is -0.133. The van der Waals surface area contributed by atoms with Crippen LogP contribution in [-0.4, -0.2) is 53.8 Å². The second-order valence-corrected chi connectivity index (χ2v) is 9.33. The topological polar surface area (TPSA) is 114 Å². The van der Waals surface area contributed by atoms with E-state index in [1.54, 1.807) is 23.1 Å². The third-order valence-corrected chi connectivity index (χ3v) is 6.61. The molecule has 204 valence electrons. The summed E-state index contributed by atoms with van der Waals surface area (Å²) in [5.41, 5.74) is 3.06. The van der Waals surface area contributed by atoms with Crippen LogP contribution in [0.2, 0.25) is 0 Å². The van der Waals surface area contributed by atoms with E-state index in [2.05, 4.69) is 10.6 Å². The van der Waals surface area contributed by atoms with Gasteiger partial charge in [0.05, 0.1) is 30.7 Å². The Labute approximate surface area is 228 Å². The number of carbonyl (C=O) groups is 3. The van der Waals surface area contributed by atoms with Crippen molar-refractivity contribution in [3.05, 3.63) is 89.1 Å². The molecule has 0 spiro atoms. The number of aromatic nitrogens is 1. The zero-order valence-corrected chi connectivity index (χ0v) is 22.3. The molecule has 0 aliphatic carbocycles. The molecule has 1 aliphatic heterocycles. The highest BCUT2D eigenvalue weighted by atomic mass is 16.5. The van der Waals surface area contributed by atoms with Gasteiger partial charge in [0, 0.05) is 42.9 Å². The molecular formula is C30H34N4O5. The van der Waals surface area contributed by atoms with Crippen molar-refractivity contribution in [2.45, 2.75) is 39.2 Å². The van der Waals surface area contributed by atoms with Gasteiger partial charge in [-0.05, 0) is 63.1 Å². The molecule has 9 heteroatoms. The van der Waals surface area contributed by atoms with Gasteiger partial charge in [0.15, 0.2) is 0 Å². The van der Waals surface area contributed by atoms with Gasteiger partial charge in [-0.2, -0.15) is 0 Å². The number of furan rings is 1. The summed E-state index contributed by atoms with van der Waals surface area (Å²) in [6.07, 6.45) is 5.77. The van der Waals surface area contributed by atoms with Crippen LogP contribution in [0.5, 0.6) is 5.75 Å². The number of nitrogens with one attached hydrogen (secondary N) is 2. The number of pyridine rings is 1. The number of aryl methyl sites for hydroxylation is 1. The number of amides is 3. The van der Waals surface area contributed by atoms with E-state index in [4.69, 9.17) is 14.1 Å². The summed E-state index contributed by atoms with van der Waals surface area (Å²) in [6, 6.07) is 14.8. The molecule has 3 amide bonds. The highest BCUT2D eigenvalue weighted by Crippen LogP contribution is 2.29. The minimum atomic E-state index is -0.363. The fourth-order valence-electron chi connectivity index (χ4n) is 4.58. The van der Waals surface area contributed by atoms with Gasteiger partial charge in [0.25, 0.3) is 5.91 Å². The predicted octanol–water partition coefficient (Wildman–Crippen LogP) is 3.85. The van der Waals surface area contributed by atoms with Crippen molar-refractivity contribution in [3.63, 3.8) is 0 Å². The van der Waals surface area contributed by atoms with Crippen LogP contribution in [0.3, 0.4) is 0 Å². The monoisotopic (exact) mass is 530 g/mol. The van der Waals surface area contributed by atoms with E-state index >= 15 is 0 Å². The van der Waals surface area contributed by atoms with Gasteiger partial charge in [0.2, 0.25) is 11.8 Å².